The molecule has 1 heterocycles. The van der Waals surface area contributed by atoms with E-state index in [-0.39, 0.29) is 26.3 Å². The average molecular weight is 252 g/mol. The molecule has 5 nitrogen and oxygen atoms in total. The fraction of sp³-hybridized carbons (Fsp3) is 0.333. The number of amides is 2. The molecule has 2 rings (SSSR count). The van der Waals surface area contributed by atoms with Gasteiger partial charge in [-0.1, -0.05) is 6.07 Å². The molecule has 6 heteroatoms. The number of morpholine rings is 1. The molecule has 0 spiro atoms. The van der Waals surface area contributed by atoms with Crippen LogP contribution in [0.3, 0.4) is 0 Å². The zero-order valence-corrected chi connectivity index (χ0v) is 9.69. The highest BCUT2D eigenvalue weighted by atomic mass is 19.1. The smallest absolute Gasteiger partial charge is 0.255 e. The summed E-state index contributed by atoms with van der Waals surface area (Å²) < 4.78 is 18.1. The molecule has 0 aliphatic carbocycles. The van der Waals surface area contributed by atoms with Gasteiger partial charge in [0.05, 0.1) is 6.54 Å². The molecular formula is C12H13FN2O3. The molecule has 1 aliphatic rings. The van der Waals surface area contributed by atoms with Crippen LogP contribution < -0.4 is 5.73 Å². The molecule has 1 fully saturated rings. The van der Waals surface area contributed by atoms with Crippen molar-refractivity contribution in [1.82, 2.24) is 4.90 Å². The van der Waals surface area contributed by atoms with Crippen molar-refractivity contribution in [3.63, 3.8) is 0 Å². The monoisotopic (exact) mass is 252 g/mol. The summed E-state index contributed by atoms with van der Waals surface area (Å²) in [5.74, 6) is -1.25. The van der Waals surface area contributed by atoms with Crippen LogP contribution in [0.1, 0.15) is 11.1 Å². The molecule has 0 unspecified atom stereocenters. The van der Waals surface area contributed by atoms with Crippen LogP contribution in [0.5, 0.6) is 0 Å². The number of imide groups is 1. The van der Waals surface area contributed by atoms with Gasteiger partial charge in [0.2, 0.25) is 0 Å². The van der Waals surface area contributed by atoms with E-state index in [0.29, 0.717) is 11.1 Å². The Morgan fingerprint density at radius 1 is 1.17 bits per heavy atom. The van der Waals surface area contributed by atoms with Crippen LogP contribution >= 0.6 is 0 Å². The Kier molecular flexibility index (Phi) is 3.69. The minimum Gasteiger partial charge on any atom is -0.362 e. The Morgan fingerprint density at radius 3 is 2.39 bits per heavy atom. The van der Waals surface area contributed by atoms with Crippen molar-refractivity contribution in [3.05, 3.63) is 35.1 Å². The van der Waals surface area contributed by atoms with E-state index in [1.807, 2.05) is 0 Å². The van der Waals surface area contributed by atoms with Crippen molar-refractivity contribution in [2.75, 3.05) is 13.2 Å². The first-order chi connectivity index (χ1) is 8.60. The first kappa shape index (κ1) is 12.7. The van der Waals surface area contributed by atoms with Gasteiger partial charge in [0.1, 0.15) is 19.0 Å². The van der Waals surface area contributed by atoms with E-state index in [2.05, 4.69) is 0 Å². The van der Waals surface area contributed by atoms with Crippen molar-refractivity contribution < 1.29 is 18.7 Å². The lowest BCUT2D eigenvalue weighted by atomic mass is 10.1. The minimum atomic E-state index is -0.430. The summed E-state index contributed by atoms with van der Waals surface area (Å²) in [5.41, 5.74) is 6.61. The highest BCUT2D eigenvalue weighted by Gasteiger charge is 2.26. The molecule has 2 amide bonds. The van der Waals surface area contributed by atoms with E-state index in [9.17, 15) is 14.0 Å². The van der Waals surface area contributed by atoms with E-state index < -0.39 is 17.6 Å². The van der Waals surface area contributed by atoms with Crippen LogP contribution in [0, 0.1) is 5.82 Å². The quantitative estimate of drug-likeness (QED) is 0.778. The zero-order valence-electron chi connectivity index (χ0n) is 9.69. The van der Waals surface area contributed by atoms with E-state index >= 15 is 0 Å². The number of hydrogen-bond donors (Lipinski definition) is 1. The Hall–Kier alpha value is -1.79. The molecule has 0 bridgehead atoms. The van der Waals surface area contributed by atoms with Gasteiger partial charge >= 0.3 is 0 Å². The van der Waals surface area contributed by atoms with Crippen LogP contribution in [0.4, 0.5) is 4.39 Å². The number of nitrogens with zero attached hydrogens (tertiary/aromatic N) is 1. The van der Waals surface area contributed by atoms with Crippen molar-refractivity contribution in [2.45, 2.75) is 13.1 Å². The Bertz CT molecular complexity index is 474. The van der Waals surface area contributed by atoms with Gasteiger partial charge in [-0.3, -0.25) is 14.5 Å². The van der Waals surface area contributed by atoms with Gasteiger partial charge in [0.15, 0.2) is 0 Å². The molecule has 1 aromatic rings. The molecule has 1 aromatic carbocycles. The van der Waals surface area contributed by atoms with Gasteiger partial charge in [-0.05, 0) is 23.3 Å². The summed E-state index contributed by atoms with van der Waals surface area (Å²) in [6.45, 7) is 0.0111. The van der Waals surface area contributed by atoms with E-state index in [0.717, 1.165) is 4.90 Å². The Morgan fingerprint density at radius 2 is 1.78 bits per heavy atom. The number of benzene rings is 1. The van der Waals surface area contributed by atoms with Gasteiger partial charge in [-0.25, -0.2) is 4.39 Å². The number of nitrogens with two attached hydrogens (primary N) is 1. The third kappa shape index (κ3) is 2.72. The molecule has 0 atom stereocenters. The summed E-state index contributed by atoms with van der Waals surface area (Å²) in [5, 5.41) is 0. The molecule has 0 radical (unpaired) electrons. The van der Waals surface area contributed by atoms with Crippen LogP contribution in [0.15, 0.2) is 18.2 Å². The van der Waals surface area contributed by atoms with Gasteiger partial charge in [0, 0.05) is 6.54 Å². The summed E-state index contributed by atoms with van der Waals surface area (Å²) in [6, 6.07) is 4.29. The van der Waals surface area contributed by atoms with E-state index in [1.54, 1.807) is 6.07 Å². The summed E-state index contributed by atoms with van der Waals surface area (Å²) in [4.78, 5) is 24.1. The summed E-state index contributed by atoms with van der Waals surface area (Å²) in [6.07, 6.45) is 0. The van der Waals surface area contributed by atoms with Crippen molar-refractivity contribution in [1.29, 1.82) is 0 Å². The SMILES string of the molecule is NCc1cc(F)cc(CN2C(=O)COCC2=O)c1. The molecule has 0 aromatic heterocycles. The predicted molar refractivity (Wildman–Crippen MR) is 60.7 cm³/mol. The van der Waals surface area contributed by atoms with E-state index in [4.69, 9.17) is 10.5 Å². The number of hydrogen-bond acceptors (Lipinski definition) is 4. The molecule has 18 heavy (non-hydrogen) atoms. The Balaban J connectivity index is 2.19. The summed E-state index contributed by atoms with van der Waals surface area (Å²) in [7, 11) is 0. The topological polar surface area (TPSA) is 72.6 Å². The second-order valence-corrected chi connectivity index (χ2v) is 4.04. The fourth-order valence-electron chi connectivity index (χ4n) is 1.81. The number of carbonyl (C=O) groups excluding carboxylic acids is 2. The van der Waals surface area contributed by atoms with Gasteiger partial charge in [-0.15, -0.1) is 0 Å². The maximum absolute atomic E-state index is 13.3. The van der Waals surface area contributed by atoms with Crippen molar-refractivity contribution >= 4 is 11.8 Å². The lowest BCUT2D eigenvalue weighted by Gasteiger charge is -2.25. The van der Waals surface area contributed by atoms with Crippen molar-refractivity contribution in [3.8, 4) is 0 Å². The van der Waals surface area contributed by atoms with Gasteiger partial charge in [0.25, 0.3) is 11.8 Å². The van der Waals surface area contributed by atoms with Gasteiger partial charge in [-0.2, -0.15) is 0 Å². The maximum Gasteiger partial charge on any atom is 0.255 e. The van der Waals surface area contributed by atoms with Crippen LogP contribution in [0.2, 0.25) is 0 Å². The third-order valence-electron chi connectivity index (χ3n) is 2.65. The number of halogens is 1. The summed E-state index contributed by atoms with van der Waals surface area (Å²) >= 11 is 0. The lowest BCUT2D eigenvalue weighted by molar-refractivity contribution is -0.159. The molecular weight excluding hydrogens is 239 g/mol. The standard InChI is InChI=1S/C12H13FN2O3/c13-10-2-8(4-14)1-9(3-10)5-15-11(16)6-18-7-12(15)17/h1-3H,4-7,14H2. The third-order valence-corrected chi connectivity index (χ3v) is 2.65. The van der Waals surface area contributed by atoms with E-state index in [1.165, 1.54) is 12.1 Å². The molecule has 1 aliphatic heterocycles. The van der Waals surface area contributed by atoms with Crippen LogP contribution in [-0.4, -0.2) is 29.9 Å². The van der Waals surface area contributed by atoms with Crippen molar-refractivity contribution in [2.24, 2.45) is 5.73 Å². The average Bonchev–Trinajstić information content (AvgIpc) is 2.33. The zero-order chi connectivity index (χ0) is 13.1. The molecule has 96 valence electrons. The fourth-order valence-corrected chi connectivity index (χ4v) is 1.81. The number of ether oxygens (including phenoxy) is 1. The predicted octanol–water partition coefficient (Wildman–Crippen LogP) is 0.170. The minimum absolute atomic E-state index is 0.0474. The second-order valence-electron chi connectivity index (χ2n) is 4.04. The molecule has 0 saturated carbocycles. The lowest BCUT2D eigenvalue weighted by Crippen LogP contribution is -2.45. The normalized spacial score (nSPS) is 16.2. The molecule has 2 N–H and O–H groups in total. The maximum atomic E-state index is 13.3. The second kappa shape index (κ2) is 5.24. The molecule has 1 saturated heterocycles. The number of carbonyl (C=O) groups is 2. The first-order valence-corrected chi connectivity index (χ1v) is 5.49. The van der Waals surface area contributed by atoms with Crippen LogP contribution in [0.25, 0.3) is 0 Å². The largest absolute Gasteiger partial charge is 0.362 e. The Labute approximate surface area is 103 Å². The first-order valence-electron chi connectivity index (χ1n) is 5.49. The number of rotatable bonds is 3. The highest BCUT2D eigenvalue weighted by molar-refractivity contribution is 5.98. The van der Waals surface area contributed by atoms with Crippen LogP contribution in [-0.2, 0) is 27.4 Å². The van der Waals surface area contributed by atoms with Gasteiger partial charge < -0.3 is 10.5 Å². The highest BCUT2D eigenvalue weighted by Crippen LogP contribution is 2.13.